The van der Waals surface area contributed by atoms with Crippen LogP contribution in [0, 0.1) is 18.2 Å². The van der Waals surface area contributed by atoms with Gasteiger partial charge in [-0.3, -0.25) is 0 Å². The molecule has 0 saturated heterocycles. The van der Waals surface area contributed by atoms with Gasteiger partial charge in [0.25, 0.3) is 0 Å². The van der Waals surface area contributed by atoms with Gasteiger partial charge < -0.3 is 15.2 Å². The zero-order valence-electron chi connectivity index (χ0n) is 16.4. The number of hydrogen-bond donors (Lipinski definition) is 2. The number of carboxylic acid groups (broad SMARTS) is 1. The van der Waals surface area contributed by atoms with Gasteiger partial charge in [0.2, 0.25) is 0 Å². The quantitative estimate of drug-likeness (QED) is 0.748. The van der Waals surface area contributed by atoms with Crippen molar-refractivity contribution >= 4 is 6.09 Å². The molecule has 0 bridgehead atoms. The van der Waals surface area contributed by atoms with Crippen molar-refractivity contribution in [2.24, 2.45) is 5.41 Å². The fourth-order valence-electron chi connectivity index (χ4n) is 3.89. The van der Waals surface area contributed by atoms with Crippen molar-refractivity contribution in [3.8, 4) is 16.9 Å². The molecule has 2 aromatic rings. The molecule has 0 spiro atoms. The summed E-state index contributed by atoms with van der Waals surface area (Å²) in [5, 5.41) is 11.7. The normalized spacial score (nSPS) is 17.7. The second-order valence-electron chi connectivity index (χ2n) is 8.23. The van der Waals surface area contributed by atoms with E-state index in [4.69, 9.17) is 9.84 Å². The second-order valence-corrected chi connectivity index (χ2v) is 8.23. The van der Waals surface area contributed by atoms with E-state index >= 15 is 0 Å². The van der Waals surface area contributed by atoms with E-state index in [0.717, 1.165) is 28.0 Å². The molecule has 27 heavy (non-hydrogen) atoms. The second kappa shape index (κ2) is 6.87. The zero-order chi connectivity index (χ0) is 19.9. The molecule has 0 radical (unpaired) electrons. The number of amides is 1. The third kappa shape index (κ3) is 3.77. The largest absolute Gasteiger partial charge is 0.491 e. The Bertz CT molecular complexity index is 889. The molecule has 0 saturated carbocycles. The molecule has 0 heterocycles. The van der Waals surface area contributed by atoms with Crippen LogP contribution in [0.1, 0.15) is 50.4 Å². The van der Waals surface area contributed by atoms with Crippen molar-refractivity contribution in [3.63, 3.8) is 0 Å². The van der Waals surface area contributed by atoms with E-state index in [1.807, 2.05) is 58.9 Å². The van der Waals surface area contributed by atoms with Crippen LogP contribution in [-0.4, -0.2) is 17.3 Å². The zero-order valence-corrected chi connectivity index (χ0v) is 16.4. The van der Waals surface area contributed by atoms with Crippen LogP contribution in [0.5, 0.6) is 5.75 Å². The number of rotatable bonds is 4. The Morgan fingerprint density at radius 3 is 2.59 bits per heavy atom. The third-order valence-electron chi connectivity index (χ3n) is 5.08. The minimum absolute atomic E-state index is 0.0761. The van der Waals surface area contributed by atoms with Gasteiger partial charge in [0.15, 0.2) is 0 Å². The number of aryl methyl sites for hydroxylation is 1. The first-order valence-corrected chi connectivity index (χ1v) is 9.18. The average Bonchev–Trinajstić information content (AvgIpc) is 2.78. The summed E-state index contributed by atoms with van der Waals surface area (Å²) in [5.74, 6) is 0.447. The van der Waals surface area contributed by atoms with Gasteiger partial charge in [-0.05, 0) is 79.1 Å². The van der Waals surface area contributed by atoms with Gasteiger partial charge in [-0.1, -0.05) is 19.9 Å². The summed E-state index contributed by atoms with van der Waals surface area (Å²) in [4.78, 5) is 11.2. The number of hydrogen-bond acceptors (Lipinski definition) is 2. The highest BCUT2D eigenvalue weighted by Gasteiger charge is 2.40. The van der Waals surface area contributed by atoms with E-state index in [2.05, 4.69) is 5.32 Å². The van der Waals surface area contributed by atoms with E-state index in [0.29, 0.717) is 12.0 Å². The van der Waals surface area contributed by atoms with Crippen molar-refractivity contribution in [2.75, 3.05) is 0 Å². The van der Waals surface area contributed by atoms with Crippen LogP contribution >= 0.6 is 0 Å². The van der Waals surface area contributed by atoms with Crippen molar-refractivity contribution in [1.82, 2.24) is 5.32 Å². The minimum Gasteiger partial charge on any atom is -0.491 e. The predicted octanol–water partition coefficient (Wildman–Crippen LogP) is 5.48. The molecule has 0 aromatic heterocycles. The Balaban J connectivity index is 2.01. The van der Waals surface area contributed by atoms with Crippen molar-refractivity contribution in [2.45, 2.75) is 53.2 Å². The molecule has 1 atom stereocenters. The Labute approximate surface area is 159 Å². The number of benzene rings is 2. The number of ether oxygens (including phenoxy) is 1. The fourth-order valence-corrected chi connectivity index (χ4v) is 3.89. The number of nitrogens with one attached hydrogen (secondary N) is 1. The van der Waals surface area contributed by atoms with Gasteiger partial charge in [-0.2, -0.15) is 0 Å². The monoisotopic (exact) mass is 371 g/mol. The third-order valence-corrected chi connectivity index (χ3v) is 5.08. The van der Waals surface area contributed by atoms with Crippen LogP contribution in [0.25, 0.3) is 11.1 Å². The molecule has 1 amide bonds. The molecule has 0 unspecified atom stereocenters. The van der Waals surface area contributed by atoms with Crippen molar-refractivity contribution in [3.05, 3.63) is 52.8 Å². The molecule has 2 N–H and O–H groups in total. The summed E-state index contributed by atoms with van der Waals surface area (Å²) >= 11 is 0. The van der Waals surface area contributed by atoms with E-state index < -0.39 is 12.1 Å². The summed E-state index contributed by atoms with van der Waals surface area (Å²) in [6.07, 6.45) is -0.331. The Morgan fingerprint density at radius 1 is 1.30 bits per heavy atom. The smallest absolute Gasteiger partial charge is 0.405 e. The Kier molecular flexibility index (Phi) is 4.89. The molecular weight excluding hydrogens is 345 g/mol. The summed E-state index contributed by atoms with van der Waals surface area (Å²) < 4.78 is 20.7. The highest BCUT2D eigenvalue weighted by Crippen LogP contribution is 2.47. The Hall–Kier alpha value is -2.56. The van der Waals surface area contributed by atoms with Gasteiger partial charge in [0, 0.05) is 5.56 Å². The van der Waals surface area contributed by atoms with Gasteiger partial charge in [0.1, 0.15) is 11.6 Å². The predicted molar refractivity (Wildman–Crippen MR) is 104 cm³/mol. The van der Waals surface area contributed by atoms with Gasteiger partial charge in [-0.15, -0.1) is 0 Å². The fraction of sp³-hybridized carbons (Fsp3) is 0.409. The average molecular weight is 371 g/mol. The van der Waals surface area contributed by atoms with Crippen LogP contribution < -0.4 is 10.1 Å². The lowest BCUT2D eigenvalue weighted by Crippen LogP contribution is -2.34. The highest BCUT2D eigenvalue weighted by atomic mass is 19.1. The minimum atomic E-state index is -1.10. The highest BCUT2D eigenvalue weighted by molar-refractivity contribution is 5.70. The topological polar surface area (TPSA) is 58.6 Å². The van der Waals surface area contributed by atoms with Crippen LogP contribution in [0.3, 0.4) is 0 Å². The van der Waals surface area contributed by atoms with Crippen molar-refractivity contribution < 1.29 is 19.0 Å². The lowest BCUT2D eigenvalue weighted by molar-refractivity contribution is 0.175. The first-order chi connectivity index (χ1) is 12.6. The van der Waals surface area contributed by atoms with Gasteiger partial charge in [-0.25, -0.2) is 9.18 Å². The number of carbonyl (C=O) groups is 1. The van der Waals surface area contributed by atoms with E-state index in [9.17, 15) is 9.18 Å². The van der Waals surface area contributed by atoms with Gasteiger partial charge >= 0.3 is 6.09 Å². The first kappa shape index (κ1) is 19.2. The van der Waals surface area contributed by atoms with Crippen LogP contribution in [0.15, 0.2) is 30.3 Å². The van der Waals surface area contributed by atoms with Crippen molar-refractivity contribution in [1.29, 1.82) is 0 Å². The van der Waals surface area contributed by atoms with E-state index in [-0.39, 0.29) is 17.3 Å². The molecule has 3 rings (SSSR count). The summed E-state index contributed by atoms with van der Waals surface area (Å²) in [5.41, 5.74) is 3.66. The summed E-state index contributed by atoms with van der Waals surface area (Å²) in [6, 6.07) is 8.58. The van der Waals surface area contributed by atoms with Gasteiger partial charge in [0.05, 0.1) is 12.1 Å². The van der Waals surface area contributed by atoms with Crippen LogP contribution in [0.4, 0.5) is 9.18 Å². The molecule has 4 nitrogen and oxygen atoms in total. The molecule has 5 heteroatoms. The maximum absolute atomic E-state index is 14.9. The molecule has 0 fully saturated rings. The molecule has 2 aromatic carbocycles. The lowest BCUT2D eigenvalue weighted by Gasteiger charge is -2.27. The Morgan fingerprint density at radius 2 is 2.00 bits per heavy atom. The summed E-state index contributed by atoms with van der Waals surface area (Å²) in [7, 11) is 0. The SMILES string of the molecule is Cc1cc(-c2cc3c(cc2F)[C@H](NC(=O)O)C(C)(C)C3)ccc1OC(C)C. The standard InChI is InChI=1S/C22H26FNO3/c1-12(2)27-19-7-6-14(8-13(19)3)16-9-15-11-22(4,5)20(24-21(25)26)17(15)10-18(16)23/h6-10,12,20,24H,11H2,1-5H3,(H,25,26)/t20-/m0/s1. The lowest BCUT2D eigenvalue weighted by atomic mass is 9.85. The number of fused-ring (bicyclic) bond motifs is 1. The van der Waals surface area contributed by atoms with Crippen LogP contribution in [-0.2, 0) is 6.42 Å². The molecule has 1 aliphatic carbocycles. The number of halogens is 1. The van der Waals surface area contributed by atoms with E-state index in [1.165, 1.54) is 6.07 Å². The molecule has 144 valence electrons. The molecule has 0 aliphatic heterocycles. The maximum Gasteiger partial charge on any atom is 0.405 e. The van der Waals surface area contributed by atoms with Crippen LogP contribution in [0.2, 0.25) is 0 Å². The molecule has 1 aliphatic rings. The maximum atomic E-state index is 14.9. The summed E-state index contributed by atoms with van der Waals surface area (Å²) in [6.45, 7) is 9.87. The first-order valence-electron chi connectivity index (χ1n) is 9.18. The molecular formula is C22H26FNO3. The van der Waals surface area contributed by atoms with E-state index in [1.54, 1.807) is 0 Å².